The zero-order valence-electron chi connectivity index (χ0n) is 11.5. The van der Waals surface area contributed by atoms with Crippen LogP contribution in [-0.2, 0) is 0 Å². The molecule has 0 heterocycles. The summed E-state index contributed by atoms with van der Waals surface area (Å²) in [5.41, 5.74) is 2.29. The fourth-order valence-electron chi connectivity index (χ4n) is 2.03. The van der Waals surface area contributed by atoms with Crippen LogP contribution in [0.2, 0.25) is 5.02 Å². The van der Waals surface area contributed by atoms with Crippen molar-refractivity contribution >= 4 is 28.9 Å². The summed E-state index contributed by atoms with van der Waals surface area (Å²) in [5, 5.41) is 13.4. The number of carbonyl (C=O) groups is 1. The lowest BCUT2D eigenvalue weighted by Gasteiger charge is -2.12. The molecule has 1 N–H and O–H groups in total. The molecule has 0 bridgehead atoms. The van der Waals surface area contributed by atoms with Crippen molar-refractivity contribution in [1.82, 2.24) is 0 Å². The van der Waals surface area contributed by atoms with Gasteiger partial charge in [0.1, 0.15) is 5.02 Å². The average Bonchev–Trinajstić information content (AvgIpc) is 2.42. The highest BCUT2D eigenvalue weighted by Gasteiger charge is 2.20. The van der Waals surface area contributed by atoms with Gasteiger partial charge in [0.05, 0.1) is 10.5 Å². The maximum absolute atomic E-state index is 12.3. The second-order valence-electron chi connectivity index (χ2n) is 4.62. The molecule has 108 valence electrons. The Morgan fingerprint density at radius 1 is 1.14 bits per heavy atom. The molecule has 0 saturated carbocycles. The van der Waals surface area contributed by atoms with Gasteiger partial charge in [-0.3, -0.25) is 14.9 Å². The van der Waals surface area contributed by atoms with Gasteiger partial charge in [-0.1, -0.05) is 35.9 Å². The molecule has 1 amide bonds. The van der Waals surface area contributed by atoms with Gasteiger partial charge in [-0.25, -0.2) is 0 Å². The lowest BCUT2D eigenvalue weighted by atomic mass is 10.1. The highest BCUT2D eigenvalue weighted by atomic mass is 35.5. The van der Waals surface area contributed by atoms with Crippen LogP contribution in [0, 0.1) is 24.0 Å². The average molecular weight is 305 g/mol. The van der Waals surface area contributed by atoms with E-state index >= 15 is 0 Å². The van der Waals surface area contributed by atoms with Gasteiger partial charge in [-0.2, -0.15) is 0 Å². The maximum atomic E-state index is 12.3. The van der Waals surface area contributed by atoms with Crippen LogP contribution in [0.15, 0.2) is 36.4 Å². The number of hydrogen-bond acceptors (Lipinski definition) is 3. The minimum Gasteiger partial charge on any atom is -0.321 e. The van der Waals surface area contributed by atoms with Crippen molar-refractivity contribution in [3.05, 3.63) is 68.2 Å². The third-order valence-electron chi connectivity index (χ3n) is 3.14. The second-order valence-corrected chi connectivity index (χ2v) is 4.99. The largest absolute Gasteiger partial charge is 0.321 e. The van der Waals surface area contributed by atoms with Crippen molar-refractivity contribution in [2.45, 2.75) is 13.8 Å². The third-order valence-corrected chi connectivity index (χ3v) is 3.54. The first-order valence-electron chi connectivity index (χ1n) is 6.22. The van der Waals surface area contributed by atoms with Crippen molar-refractivity contribution in [3.8, 4) is 0 Å². The summed E-state index contributed by atoms with van der Waals surface area (Å²) in [7, 11) is 0. The lowest BCUT2D eigenvalue weighted by molar-refractivity contribution is -0.384. The number of carbonyl (C=O) groups excluding carboxylic acids is 1. The molecular weight excluding hydrogens is 292 g/mol. The van der Waals surface area contributed by atoms with Crippen LogP contribution in [-0.4, -0.2) is 10.8 Å². The number of benzene rings is 2. The highest BCUT2D eigenvalue weighted by molar-refractivity contribution is 6.36. The molecule has 0 aliphatic rings. The van der Waals surface area contributed by atoms with Crippen molar-refractivity contribution < 1.29 is 9.72 Å². The molecule has 21 heavy (non-hydrogen) atoms. The number of aryl methyl sites for hydroxylation is 2. The van der Waals surface area contributed by atoms with Gasteiger partial charge in [-0.15, -0.1) is 0 Å². The second kappa shape index (κ2) is 5.93. The van der Waals surface area contributed by atoms with Crippen molar-refractivity contribution in [1.29, 1.82) is 0 Å². The van der Waals surface area contributed by atoms with Crippen LogP contribution >= 0.6 is 11.6 Å². The van der Waals surface area contributed by atoms with Gasteiger partial charge in [0.2, 0.25) is 0 Å². The summed E-state index contributed by atoms with van der Waals surface area (Å²) < 4.78 is 0. The first-order chi connectivity index (χ1) is 9.91. The zero-order valence-corrected chi connectivity index (χ0v) is 12.3. The molecule has 5 nitrogen and oxygen atoms in total. The predicted molar refractivity (Wildman–Crippen MR) is 82.0 cm³/mol. The summed E-state index contributed by atoms with van der Waals surface area (Å²) in [5.74, 6) is -0.471. The van der Waals surface area contributed by atoms with E-state index in [1.807, 2.05) is 32.0 Å². The number of anilines is 1. The van der Waals surface area contributed by atoms with E-state index in [-0.39, 0.29) is 16.3 Å². The molecule has 0 aliphatic heterocycles. The zero-order chi connectivity index (χ0) is 15.6. The molecule has 0 radical (unpaired) electrons. The van der Waals surface area contributed by atoms with Crippen LogP contribution in [0.5, 0.6) is 0 Å². The number of nitro groups is 1. The number of halogens is 1. The van der Waals surface area contributed by atoms with Crippen LogP contribution in [0.3, 0.4) is 0 Å². The van der Waals surface area contributed by atoms with Gasteiger partial charge in [0, 0.05) is 11.8 Å². The fourth-order valence-corrected chi connectivity index (χ4v) is 2.31. The Kier molecular flexibility index (Phi) is 4.23. The number of nitrogens with zero attached hydrogens (tertiary/aromatic N) is 1. The van der Waals surface area contributed by atoms with Crippen LogP contribution in [0.4, 0.5) is 11.4 Å². The van der Waals surface area contributed by atoms with Gasteiger partial charge in [-0.05, 0) is 31.0 Å². The molecule has 0 fully saturated rings. The van der Waals surface area contributed by atoms with E-state index in [1.54, 1.807) is 0 Å². The Balaban J connectivity index is 2.38. The lowest BCUT2D eigenvalue weighted by Crippen LogP contribution is -2.14. The number of amides is 1. The Hall–Kier alpha value is -2.40. The molecule has 2 rings (SSSR count). The van der Waals surface area contributed by atoms with E-state index in [0.717, 1.165) is 11.1 Å². The smallest absolute Gasteiger partial charge is 0.288 e. The van der Waals surface area contributed by atoms with Crippen LogP contribution in [0.25, 0.3) is 0 Å². The van der Waals surface area contributed by atoms with Gasteiger partial charge < -0.3 is 5.32 Å². The van der Waals surface area contributed by atoms with Crippen LogP contribution in [0.1, 0.15) is 21.5 Å². The minimum absolute atomic E-state index is 0.0773. The Morgan fingerprint density at radius 2 is 1.71 bits per heavy atom. The maximum Gasteiger partial charge on any atom is 0.288 e. The summed E-state index contributed by atoms with van der Waals surface area (Å²) in [4.78, 5) is 22.5. The summed E-state index contributed by atoms with van der Waals surface area (Å²) in [6.07, 6.45) is 0. The molecular formula is C15H13ClN2O3. The highest BCUT2D eigenvalue weighted by Crippen LogP contribution is 2.29. The Labute approximate surface area is 126 Å². The molecule has 0 atom stereocenters. The topological polar surface area (TPSA) is 72.2 Å². The van der Waals surface area contributed by atoms with Gasteiger partial charge in [0.25, 0.3) is 11.6 Å². The number of nitro benzene ring substituents is 1. The van der Waals surface area contributed by atoms with Gasteiger partial charge in [0.15, 0.2) is 0 Å². The molecule has 0 spiro atoms. The molecule has 0 aliphatic carbocycles. The minimum atomic E-state index is -0.613. The molecule has 0 unspecified atom stereocenters. The molecule has 0 saturated heterocycles. The molecule has 2 aromatic rings. The van der Waals surface area contributed by atoms with Gasteiger partial charge >= 0.3 is 0 Å². The molecule has 6 heteroatoms. The predicted octanol–water partition coefficient (Wildman–Crippen LogP) is 4.12. The SMILES string of the molecule is Cc1cccc(C)c1NC(=O)c1cccc([N+](=O)[O-])c1Cl. The van der Waals surface area contributed by atoms with Crippen molar-refractivity contribution in [2.24, 2.45) is 0 Å². The normalized spacial score (nSPS) is 10.2. The Bertz CT molecular complexity index is 709. The summed E-state index contributed by atoms with van der Waals surface area (Å²) in [6.45, 7) is 3.75. The van der Waals surface area contributed by atoms with Crippen molar-refractivity contribution in [2.75, 3.05) is 5.32 Å². The number of rotatable bonds is 3. The summed E-state index contributed by atoms with van der Waals surface area (Å²) in [6, 6.07) is 9.79. The first-order valence-corrected chi connectivity index (χ1v) is 6.60. The Morgan fingerprint density at radius 3 is 2.29 bits per heavy atom. The first kappa shape index (κ1) is 15.0. The number of nitrogens with one attached hydrogen (secondary N) is 1. The van der Waals surface area contributed by atoms with E-state index in [9.17, 15) is 14.9 Å². The summed E-state index contributed by atoms with van der Waals surface area (Å²) >= 11 is 5.94. The number of para-hydroxylation sites is 1. The standard InChI is InChI=1S/C15H13ClN2O3/c1-9-5-3-6-10(2)14(9)17-15(19)11-7-4-8-12(13(11)16)18(20)21/h3-8H,1-2H3,(H,17,19). The van der Waals surface area contributed by atoms with Crippen molar-refractivity contribution in [3.63, 3.8) is 0 Å². The quantitative estimate of drug-likeness (QED) is 0.685. The van der Waals surface area contributed by atoms with E-state index in [1.165, 1.54) is 18.2 Å². The van der Waals surface area contributed by atoms with E-state index < -0.39 is 10.8 Å². The monoisotopic (exact) mass is 304 g/mol. The van der Waals surface area contributed by atoms with Crippen LogP contribution < -0.4 is 5.32 Å². The van der Waals surface area contributed by atoms with E-state index in [2.05, 4.69) is 5.32 Å². The fraction of sp³-hybridized carbons (Fsp3) is 0.133. The molecule has 2 aromatic carbocycles. The van der Waals surface area contributed by atoms with E-state index in [0.29, 0.717) is 5.69 Å². The third kappa shape index (κ3) is 3.03. The molecule has 0 aromatic heterocycles. The number of hydrogen-bond donors (Lipinski definition) is 1. The van der Waals surface area contributed by atoms with E-state index in [4.69, 9.17) is 11.6 Å².